The fourth-order valence-electron chi connectivity index (χ4n) is 2.37. The molecule has 10 nitrogen and oxygen atoms in total. The lowest BCUT2D eigenvalue weighted by molar-refractivity contribution is -0.151. The zero-order valence-electron chi connectivity index (χ0n) is 12.0. The topological polar surface area (TPSA) is 143 Å². The van der Waals surface area contributed by atoms with Gasteiger partial charge in [-0.2, -0.15) is 4.98 Å². The number of esters is 1. The molecule has 2 fully saturated rings. The number of nitrogens with one attached hydrogen (secondary N) is 1. The van der Waals surface area contributed by atoms with E-state index in [1.165, 1.54) is 12.3 Å². The number of anilines is 1. The third-order valence-corrected chi connectivity index (χ3v) is 3.86. The van der Waals surface area contributed by atoms with Gasteiger partial charge in [-0.25, -0.2) is 4.79 Å². The molecule has 0 bridgehead atoms. The molecule has 0 spiro atoms. The highest BCUT2D eigenvalue weighted by atomic mass is 16.6. The van der Waals surface area contributed by atoms with E-state index in [2.05, 4.69) is 4.98 Å². The number of carbonyl (C=O) groups is 1. The van der Waals surface area contributed by atoms with Crippen LogP contribution in [0.1, 0.15) is 19.1 Å². The SMILES string of the molecule is O=C(OC[C@H]1O[C@@H](n2ccc(NO)nc2=O)[C@H](O)[C@@H]1O)C1CC1. The van der Waals surface area contributed by atoms with E-state index in [1.807, 2.05) is 0 Å². The lowest BCUT2D eigenvalue weighted by Gasteiger charge is -2.17. The normalized spacial score (nSPS) is 30.2. The quantitative estimate of drug-likeness (QED) is 0.380. The number of ether oxygens (including phenoxy) is 2. The molecule has 1 aromatic rings. The van der Waals surface area contributed by atoms with Crippen molar-refractivity contribution in [2.24, 2.45) is 5.92 Å². The van der Waals surface area contributed by atoms with E-state index in [1.54, 1.807) is 5.48 Å². The summed E-state index contributed by atoms with van der Waals surface area (Å²) in [5, 5.41) is 28.7. The van der Waals surface area contributed by atoms with Crippen LogP contribution in [0.5, 0.6) is 0 Å². The van der Waals surface area contributed by atoms with Gasteiger partial charge >= 0.3 is 11.7 Å². The van der Waals surface area contributed by atoms with Gasteiger partial charge in [-0.3, -0.25) is 20.0 Å². The summed E-state index contributed by atoms with van der Waals surface area (Å²) in [6.07, 6.45) is -1.95. The molecule has 2 heterocycles. The highest BCUT2D eigenvalue weighted by molar-refractivity contribution is 5.74. The predicted octanol–water partition coefficient (Wildman–Crippen LogP) is -1.38. The van der Waals surface area contributed by atoms with Gasteiger partial charge in [0.2, 0.25) is 0 Å². The van der Waals surface area contributed by atoms with Gasteiger partial charge in [0.05, 0.1) is 5.92 Å². The third kappa shape index (κ3) is 3.20. The summed E-state index contributed by atoms with van der Waals surface area (Å²) in [6.45, 7) is -0.206. The minimum absolute atomic E-state index is 0.0609. The number of rotatable bonds is 5. The second-order valence-electron chi connectivity index (χ2n) is 5.57. The van der Waals surface area contributed by atoms with Gasteiger partial charge in [0.15, 0.2) is 12.0 Å². The second-order valence-corrected chi connectivity index (χ2v) is 5.57. The molecule has 1 aromatic heterocycles. The van der Waals surface area contributed by atoms with Gasteiger partial charge in [-0.15, -0.1) is 0 Å². The number of aliphatic hydroxyl groups excluding tert-OH is 2. The van der Waals surface area contributed by atoms with E-state index in [0.29, 0.717) is 0 Å². The number of aromatic nitrogens is 2. The van der Waals surface area contributed by atoms with E-state index < -0.39 is 30.2 Å². The Labute approximate surface area is 130 Å². The summed E-state index contributed by atoms with van der Waals surface area (Å²) in [4.78, 5) is 26.9. The Bertz CT molecular complexity index is 645. The molecule has 4 N–H and O–H groups in total. The Morgan fingerprint density at radius 2 is 2.17 bits per heavy atom. The van der Waals surface area contributed by atoms with Gasteiger partial charge in [-0.05, 0) is 18.9 Å². The number of aliphatic hydroxyl groups is 2. The van der Waals surface area contributed by atoms with E-state index in [0.717, 1.165) is 17.4 Å². The molecular formula is C13H17N3O7. The Morgan fingerprint density at radius 1 is 1.43 bits per heavy atom. The van der Waals surface area contributed by atoms with Crippen molar-refractivity contribution in [3.05, 3.63) is 22.7 Å². The minimum atomic E-state index is -1.38. The molecule has 126 valence electrons. The molecule has 0 radical (unpaired) electrons. The molecule has 3 rings (SSSR count). The second kappa shape index (κ2) is 6.24. The van der Waals surface area contributed by atoms with Crippen LogP contribution >= 0.6 is 0 Å². The average Bonchev–Trinajstić information content (AvgIpc) is 3.35. The van der Waals surface area contributed by atoms with Crippen LogP contribution in [0.4, 0.5) is 5.82 Å². The first-order valence-electron chi connectivity index (χ1n) is 7.19. The Kier molecular flexibility index (Phi) is 4.31. The molecule has 1 aliphatic heterocycles. The van der Waals surface area contributed by atoms with Crippen molar-refractivity contribution in [3.63, 3.8) is 0 Å². The predicted molar refractivity (Wildman–Crippen MR) is 73.5 cm³/mol. The molecule has 0 unspecified atom stereocenters. The zero-order chi connectivity index (χ0) is 16.6. The maximum Gasteiger partial charge on any atom is 0.351 e. The molecule has 2 aliphatic rings. The highest BCUT2D eigenvalue weighted by Gasteiger charge is 2.45. The standard InChI is InChI=1S/C13H17N3O7/c17-9-7(5-22-12(19)6-1-2-6)23-11(10(9)18)16-4-3-8(15-21)14-13(16)20/h3-4,6-7,9-11,17-18,21H,1-2,5H2,(H,14,15,20)/t7-,9-,10-,11-/m1/s1. The van der Waals surface area contributed by atoms with Crippen molar-refractivity contribution >= 4 is 11.8 Å². The largest absolute Gasteiger partial charge is 0.463 e. The van der Waals surface area contributed by atoms with Crippen LogP contribution in [0.15, 0.2) is 17.1 Å². The summed E-state index contributed by atoms with van der Waals surface area (Å²) >= 11 is 0. The average molecular weight is 327 g/mol. The first-order valence-corrected chi connectivity index (χ1v) is 7.19. The van der Waals surface area contributed by atoms with E-state index in [-0.39, 0.29) is 24.3 Å². The van der Waals surface area contributed by atoms with E-state index >= 15 is 0 Å². The molecule has 4 atom stereocenters. The first kappa shape index (κ1) is 15.9. The van der Waals surface area contributed by atoms with Gasteiger partial charge in [0.1, 0.15) is 24.9 Å². The van der Waals surface area contributed by atoms with E-state index in [9.17, 15) is 19.8 Å². The fourth-order valence-corrected chi connectivity index (χ4v) is 2.37. The number of hydrogen-bond donors (Lipinski definition) is 4. The zero-order valence-corrected chi connectivity index (χ0v) is 12.0. The van der Waals surface area contributed by atoms with Crippen molar-refractivity contribution in [2.45, 2.75) is 37.4 Å². The van der Waals surface area contributed by atoms with Crippen LogP contribution in [-0.4, -0.2) is 55.9 Å². The fraction of sp³-hybridized carbons (Fsp3) is 0.615. The molecule has 0 aromatic carbocycles. The smallest absolute Gasteiger partial charge is 0.351 e. The third-order valence-electron chi connectivity index (χ3n) is 3.86. The van der Waals surface area contributed by atoms with Crippen LogP contribution in [0.2, 0.25) is 0 Å². The monoisotopic (exact) mass is 327 g/mol. The molecule has 1 aliphatic carbocycles. The maximum absolute atomic E-state index is 11.9. The lowest BCUT2D eigenvalue weighted by Crippen LogP contribution is -2.36. The Morgan fingerprint density at radius 3 is 2.78 bits per heavy atom. The van der Waals surface area contributed by atoms with Gasteiger partial charge in [0.25, 0.3) is 0 Å². The van der Waals surface area contributed by atoms with Gasteiger partial charge < -0.3 is 19.7 Å². The summed E-state index contributed by atoms with van der Waals surface area (Å²) in [7, 11) is 0. The van der Waals surface area contributed by atoms with E-state index in [4.69, 9.17) is 14.7 Å². The summed E-state index contributed by atoms with van der Waals surface area (Å²) in [5.41, 5.74) is 0.947. The Balaban J connectivity index is 1.69. The number of carbonyl (C=O) groups excluding carboxylic acids is 1. The van der Waals surface area contributed by atoms with Crippen molar-refractivity contribution in [2.75, 3.05) is 12.1 Å². The number of hydrogen-bond acceptors (Lipinski definition) is 9. The molecule has 0 amide bonds. The molecule has 10 heteroatoms. The summed E-state index contributed by atoms with van der Waals surface area (Å²) < 4.78 is 11.5. The minimum Gasteiger partial charge on any atom is -0.463 e. The van der Waals surface area contributed by atoms with Crippen molar-refractivity contribution in [3.8, 4) is 0 Å². The summed E-state index contributed by atoms with van der Waals surface area (Å²) in [6, 6.07) is 1.30. The van der Waals surface area contributed by atoms with Crippen LogP contribution in [0.25, 0.3) is 0 Å². The molecule has 23 heavy (non-hydrogen) atoms. The maximum atomic E-state index is 11.9. The van der Waals surface area contributed by atoms with Crippen LogP contribution < -0.4 is 11.2 Å². The van der Waals surface area contributed by atoms with Gasteiger partial charge in [0, 0.05) is 6.20 Å². The molecule has 1 saturated heterocycles. The Hall–Kier alpha value is -2.01. The van der Waals surface area contributed by atoms with Crippen LogP contribution in [-0.2, 0) is 14.3 Å². The van der Waals surface area contributed by atoms with Gasteiger partial charge in [-0.1, -0.05) is 0 Å². The van der Waals surface area contributed by atoms with Crippen LogP contribution in [0, 0.1) is 5.92 Å². The summed E-state index contributed by atoms with van der Waals surface area (Å²) in [5.74, 6) is -0.496. The van der Waals surface area contributed by atoms with Crippen molar-refractivity contribution in [1.82, 2.24) is 9.55 Å². The molecular weight excluding hydrogens is 310 g/mol. The van der Waals surface area contributed by atoms with Crippen molar-refractivity contribution < 1.29 is 29.7 Å². The van der Waals surface area contributed by atoms with Crippen LogP contribution in [0.3, 0.4) is 0 Å². The first-order chi connectivity index (χ1) is 11.0. The number of nitrogens with zero attached hydrogens (tertiary/aromatic N) is 2. The van der Waals surface area contributed by atoms with Crippen molar-refractivity contribution in [1.29, 1.82) is 0 Å². The molecule has 1 saturated carbocycles. The lowest BCUT2D eigenvalue weighted by atomic mass is 10.1. The highest BCUT2D eigenvalue weighted by Crippen LogP contribution is 2.32.